The van der Waals surface area contributed by atoms with Crippen molar-refractivity contribution in [3.63, 3.8) is 0 Å². The fourth-order valence-electron chi connectivity index (χ4n) is 3.11. The van der Waals surface area contributed by atoms with Crippen molar-refractivity contribution in [1.29, 1.82) is 0 Å². The average Bonchev–Trinajstić information content (AvgIpc) is 2.70. The Labute approximate surface area is 110 Å². The number of fused-ring (bicyclic) bond motifs is 1. The van der Waals surface area contributed by atoms with Gasteiger partial charge in [-0.15, -0.1) is 0 Å². The molecule has 4 nitrogen and oxygen atoms in total. The number of ether oxygens (including phenoxy) is 1. The summed E-state index contributed by atoms with van der Waals surface area (Å²) in [7, 11) is 0. The van der Waals surface area contributed by atoms with Gasteiger partial charge in [-0.1, -0.05) is 0 Å². The van der Waals surface area contributed by atoms with Crippen LogP contribution in [0.1, 0.15) is 41.0 Å². The summed E-state index contributed by atoms with van der Waals surface area (Å²) in [5.74, 6) is 0.639. The van der Waals surface area contributed by atoms with Crippen molar-refractivity contribution >= 4 is 6.09 Å². The zero-order chi connectivity index (χ0) is 13.5. The highest BCUT2D eigenvalue weighted by molar-refractivity contribution is 5.68. The van der Waals surface area contributed by atoms with Gasteiger partial charge in [-0.05, 0) is 53.5 Å². The molecular weight excluding hydrogens is 228 g/mol. The monoisotopic (exact) mass is 254 g/mol. The highest BCUT2D eigenvalue weighted by Gasteiger charge is 2.44. The van der Waals surface area contributed by atoms with Crippen molar-refractivity contribution < 1.29 is 9.53 Å². The van der Waals surface area contributed by atoms with Gasteiger partial charge in [-0.3, -0.25) is 4.90 Å². The van der Waals surface area contributed by atoms with Crippen molar-refractivity contribution in [1.82, 2.24) is 9.80 Å². The summed E-state index contributed by atoms with van der Waals surface area (Å²) in [5, 5.41) is 0. The minimum absolute atomic E-state index is 0.152. The van der Waals surface area contributed by atoms with E-state index in [1.165, 1.54) is 13.0 Å². The van der Waals surface area contributed by atoms with Gasteiger partial charge in [0.05, 0.1) is 0 Å². The second-order valence-electron chi connectivity index (χ2n) is 6.83. The van der Waals surface area contributed by atoms with Crippen LogP contribution in [0.25, 0.3) is 0 Å². The van der Waals surface area contributed by atoms with E-state index in [0.29, 0.717) is 18.0 Å². The fourth-order valence-corrected chi connectivity index (χ4v) is 3.11. The van der Waals surface area contributed by atoms with Crippen molar-refractivity contribution in [2.75, 3.05) is 19.6 Å². The fraction of sp³-hybridized carbons (Fsp3) is 0.929. The molecule has 2 fully saturated rings. The maximum atomic E-state index is 12.1. The smallest absolute Gasteiger partial charge is 0.410 e. The Morgan fingerprint density at radius 2 is 1.94 bits per heavy atom. The van der Waals surface area contributed by atoms with Crippen molar-refractivity contribution in [3.05, 3.63) is 0 Å². The molecule has 0 aromatic heterocycles. The normalized spacial score (nSPS) is 28.9. The van der Waals surface area contributed by atoms with Gasteiger partial charge in [-0.25, -0.2) is 4.79 Å². The van der Waals surface area contributed by atoms with E-state index < -0.39 is 5.60 Å². The van der Waals surface area contributed by atoms with E-state index in [1.807, 2.05) is 25.7 Å². The number of likely N-dealkylation sites (tertiary alicyclic amines) is 2. The van der Waals surface area contributed by atoms with Crippen LogP contribution in [0, 0.1) is 5.92 Å². The minimum atomic E-state index is -0.396. The van der Waals surface area contributed by atoms with Crippen LogP contribution in [0.5, 0.6) is 0 Å². The molecule has 2 aliphatic heterocycles. The third-order valence-corrected chi connectivity index (χ3v) is 3.91. The first-order valence-corrected chi connectivity index (χ1v) is 7.01. The maximum absolute atomic E-state index is 12.1. The molecule has 0 aliphatic carbocycles. The first kappa shape index (κ1) is 13.7. The zero-order valence-corrected chi connectivity index (χ0v) is 12.3. The quantitative estimate of drug-likeness (QED) is 0.720. The van der Waals surface area contributed by atoms with Crippen LogP contribution in [0.4, 0.5) is 4.79 Å². The second kappa shape index (κ2) is 4.72. The Morgan fingerprint density at radius 3 is 2.50 bits per heavy atom. The molecule has 0 aromatic carbocycles. The van der Waals surface area contributed by atoms with Crippen molar-refractivity contribution in [2.45, 2.75) is 58.7 Å². The average molecular weight is 254 g/mol. The van der Waals surface area contributed by atoms with Crippen molar-refractivity contribution in [2.24, 2.45) is 5.92 Å². The molecule has 0 spiro atoms. The van der Waals surface area contributed by atoms with Crippen molar-refractivity contribution in [3.8, 4) is 0 Å². The molecule has 0 N–H and O–H groups in total. The third-order valence-electron chi connectivity index (χ3n) is 3.91. The third kappa shape index (κ3) is 2.79. The van der Waals surface area contributed by atoms with Crippen LogP contribution in [0.15, 0.2) is 0 Å². The molecule has 0 bridgehead atoms. The molecule has 2 aliphatic rings. The molecule has 2 atom stereocenters. The Morgan fingerprint density at radius 1 is 1.28 bits per heavy atom. The van der Waals surface area contributed by atoms with E-state index in [9.17, 15) is 4.79 Å². The van der Waals surface area contributed by atoms with Gasteiger partial charge in [0, 0.05) is 25.2 Å². The van der Waals surface area contributed by atoms with Crippen LogP contribution in [0.2, 0.25) is 0 Å². The van der Waals surface area contributed by atoms with E-state index in [4.69, 9.17) is 4.74 Å². The van der Waals surface area contributed by atoms with E-state index in [1.54, 1.807) is 0 Å². The van der Waals surface area contributed by atoms with Gasteiger partial charge < -0.3 is 9.64 Å². The van der Waals surface area contributed by atoms with E-state index in [2.05, 4.69) is 18.7 Å². The van der Waals surface area contributed by atoms with Gasteiger partial charge in [-0.2, -0.15) is 0 Å². The van der Waals surface area contributed by atoms with Crippen LogP contribution < -0.4 is 0 Å². The molecule has 2 unspecified atom stereocenters. The summed E-state index contributed by atoms with van der Waals surface area (Å²) < 4.78 is 5.45. The molecule has 0 saturated carbocycles. The zero-order valence-electron chi connectivity index (χ0n) is 12.3. The van der Waals surface area contributed by atoms with Crippen LogP contribution in [-0.2, 0) is 4.74 Å². The predicted octanol–water partition coefficient (Wildman–Crippen LogP) is 2.34. The standard InChI is InChI=1S/C14H26N2O2/c1-10(2)16-7-6-11-8-15(9-12(11)16)13(17)18-14(3,4)5/h10-12H,6-9H2,1-5H3. The summed E-state index contributed by atoms with van der Waals surface area (Å²) in [5.41, 5.74) is -0.396. The SMILES string of the molecule is CC(C)N1CCC2CN(C(=O)OC(C)(C)C)CC21. The number of rotatable bonds is 1. The second-order valence-corrected chi connectivity index (χ2v) is 6.83. The first-order chi connectivity index (χ1) is 8.28. The summed E-state index contributed by atoms with van der Waals surface area (Å²) in [6.07, 6.45) is 1.06. The van der Waals surface area contributed by atoms with Crippen LogP contribution in [-0.4, -0.2) is 53.2 Å². The lowest BCUT2D eigenvalue weighted by molar-refractivity contribution is 0.0268. The molecule has 2 heterocycles. The maximum Gasteiger partial charge on any atom is 0.410 e. The lowest BCUT2D eigenvalue weighted by Crippen LogP contribution is -2.41. The number of carbonyl (C=O) groups excluding carboxylic acids is 1. The molecule has 0 aromatic rings. The first-order valence-electron chi connectivity index (χ1n) is 7.01. The topological polar surface area (TPSA) is 32.8 Å². The Bertz CT molecular complexity index is 322. The Balaban J connectivity index is 1.95. The van der Waals surface area contributed by atoms with E-state index in [0.717, 1.165) is 13.1 Å². The number of amides is 1. The lowest BCUT2D eigenvalue weighted by Gasteiger charge is -2.29. The number of carbonyl (C=O) groups is 1. The Kier molecular flexibility index (Phi) is 3.58. The summed E-state index contributed by atoms with van der Waals surface area (Å²) >= 11 is 0. The van der Waals surface area contributed by atoms with E-state index in [-0.39, 0.29) is 6.09 Å². The van der Waals surface area contributed by atoms with Gasteiger partial charge in [0.25, 0.3) is 0 Å². The minimum Gasteiger partial charge on any atom is -0.444 e. The highest BCUT2D eigenvalue weighted by atomic mass is 16.6. The number of hydrogen-bond donors (Lipinski definition) is 0. The summed E-state index contributed by atoms with van der Waals surface area (Å²) in [4.78, 5) is 16.5. The summed E-state index contributed by atoms with van der Waals surface area (Å²) in [6, 6.07) is 1.11. The lowest BCUT2D eigenvalue weighted by atomic mass is 10.0. The van der Waals surface area contributed by atoms with Gasteiger partial charge >= 0.3 is 6.09 Å². The van der Waals surface area contributed by atoms with Gasteiger partial charge in [0.1, 0.15) is 5.60 Å². The molecule has 104 valence electrons. The molecule has 2 saturated heterocycles. The molecule has 1 amide bonds. The van der Waals surface area contributed by atoms with E-state index >= 15 is 0 Å². The largest absolute Gasteiger partial charge is 0.444 e. The molecule has 0 radical (unpaired) electrons. The predicted molar refractivity (Wildman–Crippen MR) is 71.5 cm³/mol. The molecular formula is C14H26N2O2. The Hall–Kier alpha value is -0.770. The highest BCUT2D eigenvalue weighted by Crippen LogP contribution is 2.33. The number of hydrogen-bond acceptors (Lipinski definition) is 3. The summed E-state index contributed by atoms with van der Waals surface area (Å²) in [6.45, 7) is 13.1. The molecule has 18 heavy (non-hydrogen) atoms. The van der Waals surface area contributed by atoms with Gasteiger partial charge in [0.15, 0.2) is 0 Å². The molecule has 4 heteroatoms. The molecule has 2 rings (SSSR count). The number of nitrogens with zero attached hydrogens (tertiary/aromatic N) is 2. The van der Waals surface area contributed by atoms with Crippen LogP contribution >= 0.6 is 0 Å². The van der Waals surface area contributed by atoms with Crippen LogP contribution in [0.3, 0.4) is 0 Å². The van der Waals surface area contributed by atoms with Gasteiger partial charge in [0.2, 0.25) is 0 Å².